The zero-order chi connectivity index (χ0) is 8.72. The SMILES string of the molecule is CC1Cn2c(nc(N)cc2=O)O1. The summed E-state index contributed by atoms with van der Waals surface area (Å²) in [5.41, 5.74) is 5.22. The Kier molecular flexibility index (Phi) is 1.33. The molecule has 0 saturated carbocycles. The van der Waals surface area contributed by atoms with Crippen molar-refractivity contribution in [1.82, 2.24) is 9.55 Å². The number of nitrogens with two attached hydrogens (primary N) is 1. The molecule has 0 fully saturated rings. The zero-order valence-electron chi connectivity index (χ0n) is 6.65. The average Bonchev–Trinajstić information content (AvgIpc) is 2.29. The Hall–Kier alpha value is -1.52. The van der Waals surface area contributed by atoms with Crippen LogP contribution in [0.2, 0.25) is 0 Å². The van der Waals surface area contributed by atoms with Gasteiger partial charge in [-0.1, -0.05) is 0 Å². The van der Waals surface area contributed by atoms with Crippen LogP contribution < -0.4 is 16.0 Å². The molecule has 1 aliphatic heterocycles. The van der Waals surface area contributed by atoms with Crippen LogP contribution in [0, 0.1) is 0 Å². The number of rotatable bonds is 0. The van der Waals surface area contributed by atoms with Gasteiger partial charge in [-0.3, -0.25) is 9.36 Å². The summed E-state index contributed by atoms with van der Waals surface area (Å²) in [6, 6.07) is 1.62. The highest BCUT2D eigenvalue weighted by Gasteiger charge is 2.20. The maximum atomic E-state index is 11.2. The van der Waals surface area contributed by atoms with E-state index in [-0.39, 0.29) is 17.5 Å². The van der Waals surface area contributed by atoms with Crippen LogP contribution in [0.5, 0.6) is 6.01 Å². The van der Waals surface area contributed by atoms with E-state index in [2.05, 4.69) is 4.98 Å². The molecule has 0 aromatic carbocycles. The molecule has 12 heavy (non-hydrogen) atoms. The first-order valence-electron chi connectivity index (χ1n) is 3.71. The van der Waals surface area contributed by atoms with E-state index in [4.69, 9.17) is 10.5 Å². The van der Waals surface area contributed by atoms with E-state index in [0.717, 1.165) is 0 Å². The van der Waals surface area contributed by atoms with Crippen molar-refractivity contribution in [3.63, 3.8) is 0 Å². The fourth-order valence-electron chi connectivity index (χ4n) is 1.23. The van der Waals surface area contributed by atoms with Crippen molar-refractivity contribution in [2.24, 2.45) is 0 Å². The average molecular weight is 167 g/mol. The van der Waals surface area contributed by atoms with Gasteiger partial charge in [0.2, 0.25) is 0 Å². The first-order valence-corrected chi connectivity index (χ1v) is 3.71. The minimum Gasteiger partial charge on any atom is -0.460 e. The molecule has 0 radical (unpaired) electrons. The van der Waals surface area contributed by atoms with Crippen LogP contribution in [0.1, 0.15) is 6.92 Å². The molecule has 1 aromatic heterocycles. The Morgan fingerprint density at radius 3 is 3.33 bits per heavy atom. The molecule has 0 bridgehead atoms. The third-order valence-corrected chi connectivity index (χ3v) is 1.74. The molecular formula is C7H9N3O2. The molecule has 0 amide bonds. The van der Waals surface area contributed by atoms with Crippen LogP contribution in [-0.2, 0) is 6.54 Å². The number of hydrogen-bond donors (Lipinski definition) is 1. The number of fused-ring (bicyclic) bond motifs is 1. The van der Waals surface area contributed by atoms with Crippen molar-refractivity contribution in [3.05, 3.63) is 16.4 Å². The van der Waals surface area contributed by atoms with E-state index in [1.165, 1.54) is 10.6 Å². The monoisotopic (exact) mass is 167 g/mol. The maximum Gasteiger partial charge on any atom is 0.301 e. The van der Waals surface area contributed by atoms with Crippen molar-refractivity contribution in [2.45, 2.75) is 19.6 Å². The quantitative estimate of drug-likeness (QED) is 0.571. The number of ether oxygens (including phenoxy) is 1. The molecule has 64 valence electrons. The smallest absolute Gasteiger partial charge is 0.301 e. The van der Waals surface area contributed by atoms with Gasteiger partial charge in [0.15, 0.2) is 0 Å². The maximum absolute atomic E-state index is 11.2. The van der Waals surface area contributed by atoms with Crippen LogP contribution in [-0.4, -0.2) is 15.7 Å². The topological polar surface area (TPSA) is 70.1 Å². The molecular weight excluding hydrogens is 158 g/mol. The molecule has 2 heterocycles. The van der Waals surface area contributed by atoms with Gasteiger partial charge >= 0.3 is 6.01 Å². The van der Waals surface area contributed by atoms with Gasteiger partial charge in [0.25, 0.3) is 5.56 Å². The normalized spacial score (nSPS) is 20.2. The molecule has 1 aliphatic rings. The van der Waals surface area contributed by atoms with E-state index in [1.807, 2.05) is 6.92 Å². The summed E-state index contributed by atoms with van der Waals surface area (Å²) in [6.45, 7) is 2.44. The molecule has 1 atom stereocenters. The highest BCUT2D eigenvalue weighted by molar-refractivity contribution is 5.28. The molecule has 0 spiro atoms. The summed E-state index contributed by atoms with van der Waals surface area (Å²) in [6.07, 6.45) is 0.00648. The Labute approximate surface area is 68.8 Å². The number of nitrogen functional groups attached to an aromatic ring is 1. The lowest BCUT2D eigenvalue weighted by Crippen LogP contribution is -2.19. The minimum absolute atomic E-state index is 0.00648. The molecule has 0 aliphatic carbocycles. The molecule has 1 unspecified atom stereocenters. The summed E-state index contributed by atoms with van der Waals surface area (Å²) >= 11 is 0. The van der Waals surface area contributed by atoms with Gasteiger partial charge in [0, 0.05) is 6.07 Å². The predicted octanol–water partition coefficient (Wildman–Crippen LogP) is -0.394. The van der Waals surface area contributed by atoms with Crippen LogP contribution in [0.3, 0.4) is 0 Å². The lowest BCUT2D eigenvalue weighted by Gasteiger charge is -1.99. The van der Waals surface area contributed by atoms with Crippen LogP contribution in [0.25, 0.3) is 0 Å². The lowest BCUT2D eigenvalue weighted by atomic mass is 10.4. The summed E-state index contributed by atoms with van der Waals surface area (Å²) in [5.74, 6) is 0.209. The van der Waals surface area contributed by atoms with E-state index in [1.54, 1.807) is 0 Å². The number of anilines is 1. The van der Waals surface area contributed by atoms with Gasteiger partial charge in [0.05, 0.1) is 6.54 Å². The fraction of sp³-hybridized carbons (Fsp3) is 0.429. The Bertz CT molecular complexity index is 371. The second kappa shape index (κ2) is 2.23. The Morgan fingerprint density at radius 2 is 2.58 bits per heavy atom. The third kappa shape index (κ3) is 0.939. The number of hydrogen-bond acceptors (Lipinski definition) is 4. The van der Waals surface area contributed by atoms with Crippen LogP contribution in [0.15, 0.2) is 10.9 Å². The third-order valence-electron chi connectivity index (χ3n) is 1.74. The highest BCUT2D eigenvalue weighted by atomic mass is 16.5. The molecule has 2 N–H and O–H groups in total. The Morgan fingerprint density at radius 1 is 1.83 bits per heavy atom. The second-order valence-electron chi connectivity index (χ2n) is 2.84. The van der Waals surface area contributed by atoms with Gasteiger partial charge in [-0.15, -0.1) is 0 Å². The summed E-state index contributed by atoms with van der Waals surface area (Å²) in [7, 11) is 0. The van der Waals surface area contributed by atoms with Crippen molar-refractivity contribution in [2.75, 3.05) is 5.73 Å². The van der Waals surface area contributed by atoms with Gasteiger partial charge in [-0.25, -0.2) is 0 Å². The van der Waals surface area contributed by atoms with E-state index in [0.29, 0.717) is 12.6 Å². The van der Waals surface area contributed by atoms with Crippen molar-refractivity contribution < 1.29 is 4.74 Å². The van der Waals surface area contributed by atoms with Gasteiger partial charge in [-0.2, -0.15) is 4.98 Å². The van der Waals surface area contributed by atoms with Crippen molar-refractivity contribution in [1.29, 1.82) is 0 Å². The summed E-state index contributed by atoms with van der Waals surface area (Å²) in [4.78, 5) is 15.1. The Balaban J connectivity index is 2.60. The largest absolute Gasteiger partial charge is 0.460 e. The second-order valence-corrected chi connectivity index (χ2v) is 2.84. The van der Waals surface area contributed by atoms with Crippen molar-refractivity contribution >= 4 is 5.82 Å². The van der Waals surface area contributed by atoms with Gasteiger partial charge in [-0.05, 0) is 6.92 Å². The zero-order valence-corrected chi connectivity index (χ0v) is 6.65. The number of nitrogens with zero attached hydrogens (tertiary/aromatic N) is 2. The van der Waals surface area contributed by atoms with E-state index >= 15 is 0 Å². The molecule has 5 nitrogen and oxygen atoms in total. The minimum atomic E-state index is -0.151. The first-order chi connectivity index (χ1) is 5.66. The van der Waals surface area contributed by atoms with Crippen molar-refractivity contribution in [3.8, 4) is 6.01 Å². The van der Waals surface area contributed by atoms with Gasteiger partial charge in [0.1, 0.15) is 11.9 Å². The highest BCUT2D eigenvalue weighted by Crippen LogP contribution is 2.16. The molecule has 2 rings (SSSR count). The lowest BCUT2D eigenvalue weighted by molar-refractivity contribution is 0.246. The molecule has 5 heteroatoms. The number of aromatic nitrogens is 2. The van der Waals surface area contributed by atoms with E-state index in [9.17, 15) is 4.79 Å². The molecule has 1 aromatic rings. The fourth-order valence-corrected chi connectivity index (χ4v) is 1.23. The van der Waals surface area contributed by atoms with Crippen LogP contribution >= 0.6 is 0 Å². The predicted molar refractivity (Wildman–Crippen MR) is 43.0 cm³/mol. The standard InChI is InChI=1S/C7H9N3O2/c1-4-3-10-6(11)2-5(8)9-7(10)12-4/h2,4H,3,8H2,1H3. The molecule has 0 saturated heterocycles. The van der Waals surface area contributed by atoms with Crippen LogP contribution in [0.4, 0.5) is 5.82 Å². The summed E-state index contributed by atoms with van der Waals surface area (Å²) < 4.78 is 6.71. The van der Waals surface area contributed by atoms with E-state index < -0.39 is 0 Å². The first kappa shape index (κ1) is 7.15. The van der Waals surface area contributed by atoms with Gasteiger partial charge < -0.3 is 10.5 Å². The summed E-state index contributed by atoms with van der Waals surface area (Å²) in [5, 5.41) is 0.